The van der Waals surface area contributed by atoms with E-state index in [2.05, 4.69) is 0 Å². The number of alkyl halides is 2. The van der Waals surface area contributed by atoms with Gasteiger partial charge in [0.2, 0.25) is 0 Å². The summed E-state index contributed by atoms with van der Waals surface area (Å²) in [7, 11) is 0. The van der Waals surface area contributed by atoms with E-state index in [1.165, 1.54) is 0 Å². The molecular formula is C12H20Cl2O2. The van der Waals surface area contributed by atoms with E-state index in [1.807, 2.05) is 0 Å². The molecule has 2 N–H and O–H groups in total. The summed E-state index contributed by atoms with van der Waals surface area (Å²) in [6.07, 6.45) is 4.44. The van der Waals surface area contributed by atoms with Crippen molar-refractivity contribution < 1.29 is 10.2 Å². The van der Waals surface area contributed by atoms with Crippen molar-refractivity contribution in [3.8, 4) is 0 Å². The largest absolute Gasteiger partial charge is 0.393 e. The molecule has 0 aromatic carbocycles. The molecule has 94 valence electrons. The van der Waals surface area contributed by atoms with Crippen molar-refractivity contribution in [3.05, 3.63) is 0 Å². The van der Waals surface area contributed by atoms with E-state index in [9.17, 15) is 10.2 Å². The molecule has 0 amide bonds. The topological polar surface area (TPSA) is 40.5 Å². The minimum atomic E-state index is -0.269. The number of halogens is 2. The van der Waals surface area contributed by atoms with Crippen LogP contribution in [-0.2, 0) is 0 Å². The smallest absolute Gasteiger partial charge is 0.0557 e. The van der Waals surface area contributed by atoms with Gasteiger partial charge in [0, 0.05) is 10.8 Å². The van der Waals surface area contributed by atoms with Crippen LogP contribution in [0.1, 0.15) is 38.5 Å². The SMILES string of the molecule is OC1CC(Cl)CC(C2CC(O)CC(Cl)C2)C1. The van der Waals surface area contributed by atoms with E-state index in [1.54, 1.807) is 0 Å². The molecule has 2 fully saturated rings. The van der Waals surface area contributed by atoms with Crippen LogP contribution in [0.2, 0.25) is 0 Å². The molecule has 0 aromatic rings. The normalized spacial score (nSPS) is 50.2. The second kappa shape index (κ2) is 5.43. The van der Waals surface area contributed by atoms with Crippen LogP contribution < -0.4 is 0 Å². The van der Waals surface area contributed by atoms with Gasteiger partial charge in [0.05, 0.1) is 12.2 Å². The number of hydrogen-bond acceptors (Lipinski definition) is 2. The average Bonchev–Trinajstić information content (AvgIpc) is 2.14. The summed E-state index contributed by atoms with van der Waals surface area (Å²) < 4.78 is 0. The van der Waals surface area contributed by atoms with Gasteiger partial charge in [-0.2, -0.15) is 0 Å². The predicted molar refractivity (Wildman–Crippen MR) is 66.0 cm³/mol. The maximum absolute atomic E-state index is 9.73. The van der Waals surface area contributed by atoms with Crippen molar-refractivity contribution in [1.29, 1.82) is 0 Å². The summed E-state index contributed by atoms with van der Waals surface area (Å²) in [5.74, 6) is 0.866. The van der Waals surface area contributed by atoms with Gasteiger partial charge in [0.25, 0.3) is 0 Å². The number of rotatable bonds is 1. The minimum Gasteiger partial charge on any atom is -0.393 e. The third-order valence-corrected chi connectivity index (χ3v) is 4.70. The lowest BCUT2D eigenvalue weighted by molar-refractivity contribution is 0.0382. The molecule has 0 spiro atoms. The molecule has 0 radical (unpaired) electrons. The quantitative estimate of drug-likeness (QED) is 0.717. The molecule has 16 heavy (non-hydrogen) atoms. The lowest BCUT2D eigenvalue weighted by Crippen LogP contribution is -2.36. The van der Waals surface area contributed by atoms with Crippen molar-refractivity contribution in [2.75, 3.05) is 0 Å². The van der Waals surface area contributed by atoms with E-state index in [4.69, 9.17) is 23.2 Å². The highest BCUT2D eigenvalue weighted by Crippen LogP contribution is 2.41. The Morgan fingerprint density at radius 1 is 0.625 bits per heavy atom. The second-order valence-corrected chi connectivity index (χ2v) is 6.67. The van der Waals surface area contributed by atoms with Gasteiger partial charge in [-0.25, -0.2) is 0 Å². The Balaban J connectivity index is 1.95. The Morgan fingerprint density at radius 2 is 1.00 bits per heavy atom. The highest BCUT2D eigenvalue weighted by atomic mass is 35.5. The molecule has 2 aliphatic rings. The number of aliphatic hydroxyl groups is 2. The first kappa shape index (κ1) is 12.9. The van der Waals surface area contributed by atoms with Crippen LogP contribution in [0, 0.1) is 11.8 Å². The van der Waals surface area contributed by atoms with Gasteiger partial charge < -0.3 is 10.2 Å². The predicted octanol–water partition coefficient (Wildman–Crippen LogP) is 2.52. The zero-order valence-corrected chi connectivity index (χ0v) is 10.9. The molecule has 6 atom stereocenters. The molecule has 0 aliphatic heterocycles. The van der Waals surface area contributed by atoms with E-state index >= 15 is 0 Å². The molecule has 0 heterocycles. The van der Waals surface area contributed by atoms with Gasteiger partial charge in [-0.15, -0.1) is 23.2 Å². The molecule has 6 unspecified atom stereocenters. The second-order valence-electron chi connectivity index (χ2n) is 5.44. The number of aliphatic hydroxyl groups excluding tert-OH is 2. The summed E-state index contributed by atoms with van der Waals surface area (Å²) in [6.45, 7) is 0. The Bertz CT molecular complexity index is 193. The Hall–Kier alpha value is 0.500. The summed E-state index contributed by atoms with van der Waals surface area (Å²) >= 11 is 12.3. The van der Waals surface area contributed by atoms with Crippen molar-refractivity contribution >= 4 is 23.2 Å². The fourth-order valence-corrected chi connectivity index (χ4v) is 4.16. The van der Waals surface area contributed by atoms with E-state index < -0.39 is 0 Å². The van der Waals surface area contributed by atoms with Crippen LogP contribution in [0.4, 0.5) is 0 Å². The lowest BCUT2D eigenvalue weighted by atomic mass is 9.72. The van der Waals surface area contributed by atoms with E-state index in [-0.39, 0.29) is 23.0 Å². The molecule has 2 rings (SSSR count). The van der Waals surface area contributed by atoms with Gasteiger partial charge in [-0.3, -0.25) is 0 Å². The molecule has 0 aromatic heterocycles. The van der Waals surface area contributed by atoms with Gasteiger partial charge in [0.1, 0.15) is 0 Å². The molecule has 2 aliphatic carbocycles. The zero-order valence-electron chi connectivity index (χ0n) is 9.36. The highest BCUT2D eigenvalue weighted by molar-refractivity contribution is 6.21. The molecule has 2 saturated carbocycles. The first-order valence-electron chi connectivity index (χ1n) is 6.19. The van der Waals surface area contributed by atoms with Crippen LogP contribution in [0.3, 0.4) is 0 Å². The molecule has 0 saturated heterocycles. The van der Waals surface area contributed by atoms with Crippen LogP contribution in [-0.4, -0.2) is 33.2 Å². The summed E-state index contributed by atoms with van der Waals surface area (Å²) in [5, 5.41) is 19.6. The average molecular weight is 267 g/mol. The molecule has 0 bridgehead atoms. The molecule has 2 nitrogen and oxygen atoms in total. The highest BCUT2D eigenvalue weighted by Gasteiger charge is 2.36. The van der Waals surface area contributed by atoms with Crippen molar-refractivity contribution in [1.82, 2.24) is 0 Å². The first-order valence-corrected chi connectivity index (χ1v) is 7.06. The van der Waals surface area contributed by atoms with Crippen LogP contribution >= 0.6 is 23.2 Å². The maximum Gasteiger partial charge on any atom is 0.0557 e. The monoisotopic (exact) mass is 266 g/mol. The van der Waals surface area contributed by atoms with Gasteiger partial charge >= 0.3 is 0 Å². The van der Waals surface area contributed by atoms with Gasteiger partial charge in [0.15, 0.2) is 0 Å². The fraction of sp³-hybridized carbons (Fsp3) is 1.00. The minimum absolute atomic E-state index is 0.0848. The first-order chi connectivity index (χ1) is 7.54. The summed E-state index contributed by atoms with van der Waals surface area (Å²) in [6, 6.07) is 0. The van der Waals surface area contributed by atoms with Crippen LogP contribution in [0.15, 0.2) is 0 Å². The lowest BCUT2D eigenvalue weighted by Gasteiger charge is -2.39. The standard InChI is InChI=1S/C12H20Cl2O2/c13-9-1-7(3-11(15)5-9)8-2-10(14)6-12(16)4-8/h7-12,15-16H,1-6H2. The number of hydrogen-bond donors (Lipinski definition) is 2. The third-order valence-electron chi connectivity index (χ3n) is 3.99. The Labute approximate surface area is 107 Å². The molecular weight excluding hydrogens is 247 g/mol. The third kappa shape index (κ3) is 3.25. The molecule has 4 heteroatoms. The fourth-order valence-electron chi connectivity index (χ4n) is 3.29. The summed E-state index contributed by atoms with van der Waals surface area (Å²) in [5.41, 5.74) is 0. The van der Waals surface area contributed by atoms with E-state index in [0.29, 0.717) is 24.7 Å². The Kier molecular flexibility index (Phi) is 4.39. The van der Waals surface area contributed by atoms with Crippen LogP contribution in [0.5, 0.6) is 0 Å². The van der Waals surface area contributed by atoms with Gasteiger partial charge in [-0.1, -0.05) is 0 Å². The van der Waals surface area contributed by atoms with Gasteiger partial charge in [-0.05, 0) is 50.4 Å². The maximum atomic E-state index is 9.73. The van der Waals surface area contributed by atoms with Crippen LogP contribution in [0.25, 0.3) is 0 Å². The van der Waals surface area contributed by atoms with E-state index in [0.717, 1.165) is 25.7 Å². The zero-order chi connectivity index (χ0) is 11.7. The van der Waals surface area contributed by atoms with Crippen molar-refractivity contribution in [2.45, 2.75) is 61.5 Å². The van der Waals surface area contributed by atoms with Crippen molar-refractivity contribution in [2.24, 2.45) is 11.8 Å². The van der Waals surface area contributed by atoms with Crippen molar-refractivity contribution in [3.63, 3.8) is 0 Å². The summed E-state index contributed by atoms with van der Waals surface area (Å²) in [4.78, 5) is 0. The Morgan fingerprint density at radius 3 is 1.31 bits per heavy atom.